The van der Waals surface area contributed by atoms with Crippen LogP contribution in [0.2, 0.25) is 18.6 Å². The molecule has 2 nitrogen and oxygen atoms in total. The molecule has 4 aliphatic carbocycles. The van der Waals surface area contributed by atoms with E-state index in [1.165, 1.54) is 64.2 Å². The highest BCUT2D eigenvalue weighted by atomic mass is 28.3. The van der Waals surface area contributed by atoms with Crippen LogP contribution in [0.5, 0.6) is 0 Å². The zero-order chi connectivity index (χ0) is 32.7. The zero-order valence-corrected chi connectivity index (χ0v) is 32.5. The number of quaternary nitrogens is 1. The van der Waals surface area contributed by atoms with Crippen molar-refractivity contribution in [1.82, 2.24) is 4.67 Å². The molecule has 0 N–H and O–H groups in total. The average Bonchev–Trinajstić information content (AvgIpc) is 3.43. The number of fused-ring (bicyclic) bond motifs is 5. The lowest BCUT2D eigenvalue weighted by Crippen LogP contribution is -2.71. The topological polar surface area (TPSA) is 3.24 Å². The second kappa shape index (κ2) is 11.2. The highest BCUT2D eigenvalue weighted by molar-refractivity contribution is 6.76. The maximum absolute atomic E-state index is 2.94. The number of unbranched alkanes of at least 4 members (excludes halogenated alkanes) is 2. The minimum Gasteiger partial charge on any atom is -0.257 e. The van der Waals surface area contributed by atoms with E-state index in [0.717, 1.165) is 10.1 Å². The molecule has 3 atom stereocenters. The third kappa shape index (κ3) is 5.47. The van der Waals surface area contributed by atoms with Gasteiger partial charge in [0.2, 0.25) is 0 Å². The van der Waals surface area contributed by atoms with Crippen LogP contribution in [0.15, 0.2) is 29.9 Å². The standard InChI is InChI=1S/C41H69N2Si/c1-15-17-21-41(22-18-16-2)33-26-30-29(19-20-37(30)44(13,14)42(38(3,4)5)43(10,11)12)25-31(33)32-27-35-36(28-34(32)41)40(8,9)24-23-39(35,6)7/h25-30,37H,15-24H2,1-14H3/q+1. The van der Waals surface area contributed by atoms with E-state index < -0.39 is 8.24 Å². The summed E-state index contributed by atoms with van der Waals surface area (Å²) in [7, 11) is 5.39. The Hall–Kier alpha value is -1.16. The van der Waals surface area contributed by atoms with Crippen LogP contribution in [-0.2, 0) is 16.2 Å². The number of hydrogen-bond acceptors (Lipinski definition) is 1. The van der Waals surface area contributed by atoms with Gasteiger partial charge in [0, 0.05) is 5.41 Å². The second-order valence-electron chi connectivity index (χ2n) is 19.2. The fraction of sp³-hybridized carbons (Fsp3) is 0.756. The van der Waals surface area contributed by atoms with Crippen molar-refractivity contribution in [3.8, 4) is 0 Å². The molecule has 0 spiro atoms. The maximum atomic E-state index is 2.94. The third-order valence-corrected chi connectivity index (χ3v) is 17.6. The molecule has 246 valence electrons. The first-order valence-corrected chi connectivity index (χ1v) is 21.5. The Morgan fingerprint density at radius 1 is 0.818 bits per heavy atom. The molecule has 0 aromatic heterocycles. The maximum Gasteiger partial charge on any atom is 0.191 e. The quantitative estimate of drug-likeness (QED) is 0.151. The van der Waals surface area contributed by atoms with E-state index in [1.807, 2.05) is 0 Å². The van der Waals surface area contributed by atoms with E-state index in [2.05, 4.69) is 126 Å². The predicted octanol–water partition coefficient (Wildman–Crippen LogP) is 11.3. The molecule has 1 aromatic carbocycles. The Kier molecular flexibility index (Phi) is 8.72. The van der Waals surface area contributed by atoms with Crippen LogP contribution >= 0.6 is 0 Å². The third-order valence-electron chi connectivity index (χ3n) is 12.7. The number of rotatable bonds is 9. The molecule has 3 unspecified atom stereocenters. The lowest BCUT2D eigenvalue weighted by Gasteiger charge is -2.55. The number of nitrogens with zero attached hydrogens (tertiary/aromatic N) is 2. The summed E-state index contributed by atoms with van der Waals surface area (Å²) in [5.41, 5.74) is 11.6. The van der Waals surface area contributed by atoms with Crippen molar-refractivity contribution >= 4 is 13.8 Å². The Morgan fingerprint density at radius 3 is 1.86 bits per heavy atom. The molecule has 5 rings (SSSR count). The lowest BCUT2D eigenvalue weighted by atomic mass is 9.61. The van der Waals surface area contributed by atoms with Crippen LogP contribution < -0.4 is 0 Å². The van der Waals surface area contributed by atoms with Crippen LogP contribution in [0.25, 0.3) is 5.57 Å². The van der Waals surface area contributed by atoms with Crippen molar-refractivity contribution < 1.29 is 4.59 Å². The summed E-state index contributed by atoms with van der Waals surface area (Å²) in [6, 6.07) is 5.51. The van der Waals surface area contributed by atoms with Gasteiger partial charge in [0.15, 0.2) is 8.24 Å². The molecular weight excluding hydrogens is 549 g/mol. The summed E-state index contributed by atoms with van der Waals surface area (Å²) in [4.78, 5) is 0. The highest BCUT2D eigenvalue weighted by Gasteiger charge is 2.57. The van der Waals surface area contributed by atoms with Gasteiger partial charge in [0.25, 0.3) is 0 Å². The molecule has 0 bridgehead atoms. The Bertz CT molecular complexity index is 1290. The molecule has 0 saturated heterocycles. The molecule has 4 aliphatic rings. The van der Waals surface area contributed by atoms with Crippen LogP contribution in [0.1, 0.15) is 149 Å². The summed E-state index contributed by atoms with van der Waals surface area (Å²) in [6.07, 6.45) is 18.9. The summed E-state index contributed by atoms with van der Waals surface area (Å²) in [6.45, 7) is 27.6. The second-order valence-corrected chi connectivity index (χ2v) is 23.6. The monoisotopic (exact) mass is 618 g/mol. The fourth-order valence-corrected chi connectivity index (χ4v) is 17.0. The predicted molar refractivity (Wildman–Crippen MR) is 196 cm³/mol. The summed E-state index contributed by atoms with van der Waals surface area (Å²) in [5.74, 6) is 1.35. The van der Waals surface area contributed by atoms with Gasteiger partial charge >= 0.3 is 0 Å². The van der Waals surface area contributed by atoms with Crippen LogP contribution in [-0.4, -0.2) is 44.2 Å². The molecule has 1 saturated carbocycles. The van der Waals surface area contributed by atoms with Crippen LogP contribution in [0.4, 0.5) is 0 Å². The average molecular weight is 618 g/mol. The lowest BCUT2D eigenvalue weighted by molar-refractivity contribution is -0.978. The number of benzene rings is 1. The molecule has 1 aromatic rings. The first-order chi connectivity index (χ1) is 20.2. The highest BCUT2D eigenvalue weighted by Crippen LogP contribution is 2.63. The Labute approximate surface area is 274 Å². The van der Waals surface area contributed by atoms with Crippen molar-refractivity contribution in [3.63, 3.8) is 0 Å². The van der Waals surface area contributed by atoms with Gasteiger partial charge in [-0.25, -0.2) is 0 Å². The molecule has 0 amide bonds. The Morgan fingerprint density at radius 2 is 1.36 bits per heavy atom. The minimum atomic E-state index is -1.83. The summed E-state index contributed by atoms with van der Waals surface area (Å²) in [5, 5.41) is 0. The van der Waals surface area contributed by atoms with Crippen LogP contribution in [0, 0.1) is 11.8 Å². The molecular formula is C41H69N2Si+. The van der Waals surface area contributed by atoms with E-state index in [1.54, 1.807) is 33.4 Å². The van der Waals surface area contributed by atoms with Gasteiger partial charge in [0.1, 0.15) is 0 Å². The smallest absolute Gasteiger partial charge is 0.191 e. The van der Waals surface area contributed by atoms with Crippen molar-refractivity contribution in [3.05, 3.63) is 52.1 Å². The number of allylic oxidation sites excluding steroid dienone is 4. The molecule has 0 aliphatic heterocycles. The minimum absolute atomic E-state index is 0.142. The van der Waals surface area contributed by atoms with Crippen molar-refractivity contribution in [2.75, 3.05) is 21.1 Å². The molecule has 0 heterocycles. The van der Waals surface area contributed by atoms with E-state index in [-0.39, 0.29) is 21.8 Å². The SMILES string of the molecule is CCCCC1(CCCC)C2=CC3C(C=C2c2cc4c(cc21)C(C)(C)CCC4(C)C)CCC3[Si](C)(C)N(C(C)(C)C)[N+](C)(C)C. The fourth-order valence-electron chi connectivity index (χ4n) is 11.2. The van der Waals surface area contributed by atoms with Gasteiger partial charge in [-0.2, -0.15) is 4.67 Å². The largest absolute Gasteiger partial charge is 0.257 e. The summed E-state index contributed by atoms with van der Waals surface area (Å²) >= 11 is 0. The van der Waals surface area contributed by atoms with Gasteiger partial charge < -0.3 is 0 Å². The zero-order valence-electron chi connectivity index (χ0n) is 31.5. The van der Waals surface area contributed by atoms with Crippen molar-refractivity contribution in [2.45, 2.75) is 167 Å². The van der Waals surface area contributed by atoms with E-state index in [0.29, 0.717) is 11.8 Å². The summed E-state index contributed by atoms with van der Waals surface area (Å²) < 4.78 is 3.86. The van der Waals surface area contributed by atoms with Gasteiger partial charge in [-0.15, -0.1) is 0 Å². The first kappa shape index (κ1) is 34.2. The van der Waals surface area contributed by atoms with E-state index >= 15 is 0 Å². The van der Waals surface area contributed by atoms with E-state index in [4.69, 9.17) is 0 Å². The first-order valence-electron chi connectivity index (χ1n) is 18.5. The van der Waals surface area contributed by atoms with Crippen LogP contribution in [0.3, 0.4) is 0 Å². The van der Waals surface area contributed by atoms with Gasteiger partial charge in [-0.05, 0) is 114 Å². The number of hydrogen-bond donors (Lipinski definition) is 0. The van der Waals surface area contributed by atoms with Gasteiger partial charge in [-0.3, -0.25) is 4.59 Å². The molecule has 1 fully saturated rings. The normalized spacial score (nSPS) is 26.9. The molecule has 3 heteroatoms. The van der Waals surface area contributed by atoms with Gasteiger partial charge in [0.05, 0.1) is 26.7 Å². The molecule has 0 radical (unpaired) electrons. The Balaban J connectivity index is 1.71. The van der Waals surface area contributed by atoms with E-state index in [9.17, 15) is 0 Å². The van der Waals surface area contributed by atoms with Crippen molar-refractivity contribution in [2.24, 2.45) is 11.8 Å². The molecule has 44 heavy (non-hydrogen) atoms. The van der Waals surface area contributed by atoms with Crippen molar-refractivity contribution in [1.29, 1.82) is 0 Å². The van der Waals surface area contributed by atoms with Gasteiger partial charge in [-0.1, -0.05) is 111 Å².